The van der Waals surface area contributed by atoms with Gasteiger partial charge in [0.05, 0.1) is 16.4 Å². The lowest BCUT2D eigenvalue weighted by Crippen LogP contribution is -2.45. The molecule has 2 aliphatic heterocycles. The number of amides is 1. The molecule has 0 saturated carbocycles. The maximum atomic E-state index is 13.1. The first-order valence-corrected chi connectivity index (χ1v) is 12.1. The second-order valence-electron chi connectivity index (χ2n) is 8.89. The van der Waals surface area contributed by atoms with Crippen molar-refractivity contribution in [2.75, 3.05) is 26.2 Å². The number of para-hydroxylation sites is 1. The Bertz CT molecular complexity index is 1100. The van der Waals surface area contributed by atoms with Gasteiger partial charge in [-0.3, -0.25) is 4.79 Å². The van der Waals surface area contributed by atoms with E-state index in [0.717, 1.165) is 32.0 Å². The van der Waals surface area contributed by atoms with Crippen LogP contribution in [0.3, 0.4) is 0 Å². The summed E-state index contributed by atoms with van der Waals surface area (Å²) in [4.78, 5) is 21.7. The van der Waals surface area contributed by atoms with E-state index in [-0.39, 0.29) is 11.6 Å². The monoisotopic (exact) mass is 504 g/mol. The third-order valence-corrected chi connectivity index (χ3v) is 6.87. The van der Waals surface area contributed by atoms with Gasteiger partial charge in [0.2, 0.25) is 0 Å². The predicted octanol–water partition coefficient (Wildman–Crippen LogP) is 5.57. The second kappa shape index (κ2) is 10.8. The normalized spacial score (nSPS) is 18.8. The Balaban J connectivity index is 1.52. The molecule has 2 aliphatic rings. The molecular formula is C26H28ClF3N4O. The highest BCUT2D eigenvalue weighted by Gasteiger charge is 2.32. The minimum Gasteiger partial charge on any atom is -0.395 e. The van der Waals surface area contributed by atoms with Crippen LogP contribution in [0.2, 0.25) is 5.02 Å². The van der Waals surface area contributed by atoms with Crippen LogP contribution >= 0.6 is 11.6 Å². The number of benzene rings is 2. The Labute approximate surface area is 208 Å². The number of allylic oxidation sites excluding steroid dienone is 2. The van der Waals surface area contributed by atoms with E-state index in [9.17, 15) is 18.0 Å². The topological polar surface area (TPSA) is 61.9 Å². The van der Waals surface area contributed by atoms with E-state index < -0.39 is 11.9 Å². The van der Waals surface area contributed by atoms with Crippen molar-refractivity contribution in [1.82, 2.24) is 9.80 Å². The van der Waals surface area contributed by atoms with Gasteiger partial charge in [0.15, 0.2) is 0 Å². The maximum absolute atomic E-state index is 13.1. The maximum Gasteiger partial charge on any atom is 0.430 e. The standard InChI is InChI=1S/C26H28ClF3N4O/c27-21-5-1-2-6-22(21)32-23(17-24(31)26(28,29)30)18-7-9-19(10-8-18)25(35)34-15-11-20(12-16-34)33-13-3-4-14-33/h1-2,5-10,17,20H,3-4,11-16,31H2/b24-17-,32-23?. The molecule has 4 rings (SSSR count). The molecule has 2 N–H and O–H groups in total. The van der Waals surface area contributed by atoms with Crippen LogP contribution in [0.25, 0.3) is 0 Å². The Hall–Kier alpha value is -2.84. The molecular weight excluding hydrogens is 477 g/mol. The van der Waals surface area contributed by atoms with Gasteiger partial charge in [0, 0.05) is 30.3 Å². The van der Waals surface area contributed by atoms with Crippen molar-refractivity contribution < 1.29 is 18.0 Å². The van der Waals surface area contributed by atoms with Crippen LogP contribution in [-0.4, -0.2) is 59.8 Å². The van der Waals surface area contributed by atoms with Crippen molar-refractivity contribution >= 4 is 28.9 Å². The van der Waals surface area contributed by atoms with Crippen molar-refractivity contribution in [3.05, 3.63) is 76.5 Å². The van der Waals surface area contributed by atoms with Gasteiger partial charge >= 0.3 is 6.18 Å². The number of piperidine rings is 1. The highest BCUT2D eigenvalue weighted by Crippen LogP contribution is 2.27. The van der Waals surface area contributed by atoms with Crippen LogP contribution in [0.5, 0.6) is 0 Å². The van der Waals surface area contributed by atoms with E-state index in [1.807, 2.05) is 4.90 Å². The fourth-order valence-electron chi connectivity index (χ4n) is 4.59. The molecule has 9 heteroatoms. The molecule has 2 aromatic carbocycles. The molecule has 0 aromatic heterocycles. The van der Waals surface area contributed by atoms with Crippen LogP contribution < -0.4 is 5.73 Å². The fraction of sp³-hybridized carbons (Fsp3) is 0.385. The summed E-state index contributed by atoms with van der Waals surface area (Å²) in [5.41, 5.74) is 5.19. The highest BCUT2D eigenvalue weighted by molar-refractivity contribution is 6.33. The van der Waals surface area contributed by atoms with Gasteiger partial charge in [-0.05, 0) is 69.1 Å². The summed E-state index contributed by atoms with van der Waals surface area (Å²) in [6.45, 7) is 3.69. The quantitative estimate of drug-likeness (QED) is 0.542. The van der Waals surface area contributed by atoms with E-state index in [4.69, 9.17) is 17.3 Å². The van der Waals surface area contributed by atoms with Crippen molar-refractivity contribution in [2.24, 2.45) is 10.7 Å². The van der Waals surface area contributed by atoms with E-state index in [1.165, 1.54) is 12.8 Å². The molecule has 0 aliphatic carbocycles. The van der Waals surface area contributed by atoms with E-state index >= 15 is 0 Å². The number of likely N-dealkylation sites (tertiary alicyclic amines) is 2. The van der Waals surface area contributed by atoms with Crippen LogP contribution in [0, 0.1) is 0 Å². The number of carbonyl (C=O) groups is 1. The van der Waals surface area contributed by atoms with Crippen LogP contribution in [0.15, 0.2) is 65.3 Å². The van der Waals surface area contributed by atoms with Crippen LogP contribution in [0.1, 0.15) is 41.6 Å². The zero-order valence-corrected chi connectivity index (χ0v) is 20.0. The van der Waals surface area contributed by atoms with Gasteiger partial charge in [0.25, 0.3) is 5.91 Å². The molecule has 2 saturated heterocycles. The molecule has 0 unspecified atom stereocenters. The first-order valence-electron chi connectivity index (χ1n) is 11.7. The summed E-state index contributed by atoms with van der Waals surface area (Å²) in [7, 11) is 0. The van der Waals surface area contributed by atoms with Gasteiger partial charge in [-0.2, -0.15) is 13.2 Å². The zero-order chi connectivity index (χ0) is 25.0. The summed E-state index contributed by atoms with van der Waals surface area (Å²) < 4.78 is 39.4. The first-order chi connectivity index (χ1) is 16.7. The average Bonchev–Trinajstić information content (AvgIpc) is 3.39. The molecule has 35 heavy (non-hydrogen) atoms. The summed E-state index contributed by atoms with van der Waals surface area (Å²) in [6, 6.07) is 13.5. The predicted molar refractivity (Wildman–Crippen MR) is 132 cm³/mol. The van der Waals surface area contributed by atoms with E-state index in [2.05, 4.69) is 9.89 Å². The fourth-order valence-corrected chi connectivity index (χ4v) is 4.77. The van der Waals surface area contributed by atoms with Crippen molar-refractivity contribution in [3.8, 4) is 0 Å². The molecule has 2 heterocycles. The van der Waals surface area contributed by atoms with Crippen molar-refractivity contribution in [1.29, 1.82) is 0 Å². The third-order valence-electron chi connectivity index (χ3n) is 6.55. The van der Waals surface area contributed by atoms with Gasteiger partial charge in [-0.1, -0.05) is 35.9 Å². The second-order valence-corrected chi connectivity index (χ2v) is 9.30. The molecule has 0 radical (unpaired) electrons. The number of nitrogens with two attached hydrogens (primary N) is 1. The van der Waals surface area contributed by atoms with Gasteiger partial charge in [-0.15, -0.1) is 0 Å². The Morgan fingerprint density at radius 2 is 1.57 bits per heavy atom. The lowest BCUT2D eigenvalue weighted by molar-refractivity contribution is -0.0925. The molecule has 0 atom stereocenters. The molecule has 0 bridgehead atoms. The lowest BCUT2D eigenvalue weighted by atomic mass is 10.0. The third kappa shape index (κ3) is 6.24. The van der Waals surface area contributed by atoms with Crippen molar-refractivity contribution in [3.63, 3.8) is 0 Å². The summed E-state index contributed by atoms with van der Waals surface area (Å²) in [5, 5.41) is 0.299. The number of rotatable bonds is 5. The van der Waals surface area contributed by atoms with Gasteiger partial charge in [-0.25, -0.2) is 4.99 Å². The number of aliphatic imine (C=N–C) groups is 1. The van der Waals surface area contributed by atoms with Gasteiger partial charge < -0.3 is 15.5 Å². The molecule has 1 amide bonds. The minimum atomic E-state index is -4.70. The number of hydrogen-bond donors (Lipinski definition) is 1. The number of hydrogen-bond acceptors (Lipinski definition) is 4. The minimum absolute atomic E-state index is 0.00153. The zero-order valence-electron chi connectivity index (χ0n) is 19.3. The molecule has 0 spiro atoms. The van der Waals surface area contributed by atoms with Crippen LogP contribution in [0.4, 0.5) is 18.9 Å². The number of nitrogens with zero attached hydrogens (tertiary/aromatic N) is 3. The average molecular weight is 505 g/mol. The number of halogens is 4. The number of carbonyl (C=O) groups excluding carboxylic acids is 1. The van der Waals surface area contributed by atoms with E-state index in [0.29, 0.717) is 41.0 Å². The van der Waals surface area contributed by atoms with E-state index in [1.54, 1.807) is 48.5 Å². The highest BCUT2D eigenvalue weighted by atomic mass is 35.5. The first kappa shape index (κ1) is 25.3. The molecule has 5 nitrogen and oxygen atoms in total. The Morgan fingerprint density at radius 1 is 0.971 bits per heavy atom. The van der Waals surface area contributed by atoms with Gasteiger partial charge in [0.1, 0.15) is 5.70 Å². The molecule has 2 fully saturated rings. The summed E-state index contributed by atoms with van der Waals surface area (Å²) in [6.07, 6.45) is 0.496. The Morgan fingerprint density at radius 3 is 2.17 bits per heavy atom. The SMILES string of the molecule is N/C(=C\C(=Nc1ccccc1Cl)c1ccc(C(=O)N2CCC(N3CCCC3)CC2)cc1)C(F)(F)F. The summed E-state index contributed by atoms with van der Waals surface area (Å²) >= 11 is 6.15. The summed E-state index contributed by atoms with van der Waals surface area (Å²) in [5.74, 6) is -0.0774. The molecule has 186 valence electrons. The smallest absolute Gasteiger partial charge is 0.395 e. The number of alkyl halides is 3. The Kier molecular flexibility index (Phi) is 7.82. The largest absolute Gasteiger partial charge is 0.430 e. The van der Waals surface area contributed by atoms with Crippen molar-refractivity contribution in [2.45, 2.75) is 37.9 Å². The molecule has 2 aromatic rings. The lowest BCUT2D eigenvalue weighted by Gasteiger charge is -2.36. The van der Waals surface area contributed by atoms with Crippen LogP contribution in [-0.2, 0) is 0 Å².